The van der Waals surface area contributed by atoms with Crippen LogP contribution in [0.5, 0.6) is 11.5 Å². The van der Waals surface area contributed by atoms with Crippen molar-refractivity contribution >= 4 is 12.0 Å². The molecule has 2 aromatic carbocycles. The summed E-state index contributed by atoms with van der Waals surface area (Å²) in [6.07, 6.45) is 4.81. The number of amides is 1. The second-order valence-corrected chi connectivity index (χ2v) is 5.12. The SMILES string of the molecule is O=C(/C=C/c1cccc(Oc2ccccc2)c1)NCc1ccco1. The Morgan fingerprint density at radius 3 is 2.62 bits per heavy atom. The summed E-state index contributed by atoms with van der Waals surface area (Å²) in [5, 5.41) is 2.76. The first-order valence-corrected chi connectivity index (χ1v) is 7.61. The number of ether oxygens (including phenoxy) is 1. The van der Waals surface area contributed by atoms with Crippen molar-refractivity contribution in [3.8, 4) is 11.5 Å². The van der Waals surface area contributed by atoms with Crippen LogP contribution < -0.4 is 10.1 Å². The van der Waals surface area contributed by atoms with Crippen LogP contribution in [0.3, 0.4) is 0 Å². The summed E-state index contributed by atoms with van der Waals surface area (Å²) >= 11 is 0. The van der Waals surface area contributed by atoms with Crippen molar-refractivity contribution in [2.24, 2.45) is 0 Å². The second-order valence-electron chi connectivity index (χ2n) is 5.12. The standard InChI is InChI=1S/C20H17NO3/c22-20(21-15-19-10-5-13-23-19)12-11-16-6-4-9-18(14-16)24-17-7-2-1-3-8-17/h1-14H,15H2,(H,21,22)/b12-11+. The number of hydrogen-bond donors (Lipinski definition) is 1. The maximum atomic E-state index is 11.8. The van der Waals surface area contributed by atoms with Crippen LogP contribution in [0.1, 0.15) is 11.3 Å². The van der Waals surface area contributed by atoms with Gasteiger partial charge in [-0.15, -0.1) is 0 Å². The average Bonchev–Trinajstić information content (AvgIpc) is 3.13. The molecule has 0 fully saturated rings. The highest BCUT2D eigenvalue weighted by Gasteiger charge is 2.00. The topological polar surface area (TPSA) is 51.5 Å². The predicted octanol–water partition coefficient (Wildman–Crippen LogP) is 4.40. The van der Waals surface area contributed by atoms with Crippen molar-refractivity contribution < 1.29 is 13.9 Å². The predicted molar refractivity (Wildman–Crippen MR) is 92.5 cm³/mol. The zero-order valence-corrected chi connectivity index (χ0v) is 13.0. The van der Waals surface area contributed by atoms with Crippen molar-refractivity contribution in [1.29, 1.82) is 0 Å². The Morgan fingerprint density at radius 2 is 1.83 bits per heavy atom. The van der Waals surface area contributed by atoms with Gasteiger partial charge in [-0.3, -0.25) is 4.79 Å². The highest BCUT2D eigenvalue weighted by atomic mass is 16.5. The number of para-hydroxylation sites is 1. The molecule has 0 unspecified atom stereocenters. The number of carbonyl (C=O) groups excluding carboxylic acids is 1. The lowest BCUT2D eigenvalue weighted by Crippen LogP contribution is -2.19. The highest BCUT2D eigenvalue weighted by molar-refractivity contribution is 5.91. The molecule has 4 nitrogen and oxygen atoms in total. The van der Waals surface area contributed by atoms with Crippen LogP contribution in [0.4, 0.5) is 0 Å². The maximum absolute atomic E-state index is 11.8. The van der Waals surface area contributed by atoms with E-state index in [2.05, 4.69) is 5.32 Å². The van der Waals surface area contributed by atoms with Crippen LogP contribution in [0.2, 0.25) is 0 Å². The van der Waals surface area contributed by atoms with Gasteiger partial charge in [-0.25, -0.2) is 0 Å². The van der Waals surface area contributed by atoms with Crippen molar-refractivity contribution in [2.75, 3.05) is 0 Å². The van der Waals surface area contributed by atoms with Crippen LogP contribution in [0.25, 0.3) is 6.08 Å². The highest BCUT2D eigenvalue weighted by Crippen LogP contribution is 2.22. The number of nitrogens with one attached hydrogen (secondary N) is 1. The van der Waals surface area contributed by atoms with E-state index in [-0.39, 0.29) is 5.91 Å². The Labute approximate surface area is 140 Å². The molecule has 3 aromatic rings. The first-order chi connectivity index (χ1) is 11.8. The lowest BCUT2D eigenvalue weighted by Gasteiger charge is -2.06. The van der Waals surface area contributed by atoms with Crippen molar-refractivity contribution in [3.05, 3.63) is 90.4 Å². The molecule has 120 valence electrons. The normalized spacial score (nSPS) is 10.7. The molecule has 1 heterocycles. The Bertz CT molecular complexity index is 808. The molecule has 1 amide bonds. The van der Waals surface area contributed by atoms with E-state index in [4.69, 9.17) is 9.15 Å². The molecule has 0 saturated heterocycles. The van der Waals surface area contributed by atoms with Gasteiger partial charge in [0.05, 0.1) is 12.8 Å². The van der Waals surface area contributed by atoms with Crippen LogP contribution in [-0.4, -0.2) is 5.91 Å². The van der Waals surface area contributed by atoms with E-state index in [1.807, 2.05) is 60.7 Å². The summed E-state index contributed by atoms with van der Waals surface area (Å²) in [6, 6.07) is 20.7. The van der Waals surface area contributed by atoms with Gasteiger partial charge < -0.3 is 14.5 Å². The van der Waals surface area contributed by atoms with E-state index in [1.54, 1.807) is 18.4 Å². The van der Waals surface area contributed by atoms with Gasteiger partial charge in [-0.05, 0) is 48.0 Å². The lowest BCUT2D eigenvalue weighted by molar-refractivity contribution is -0.116. The van der Waals surface area contributed by atoms with Gasteiger partial charge in [0.15, 0.2) is 0 Å². The maximum Gasteiger partial charge on any atom is 0.244 e. The summed E-state index contributed by atoms with van der Waals surface area (Å²) in [5.74, 6) is 2.03. The monoisotopic (exact) mass is 319 g/mol. The molecular formula is C20H17NO3. The van der Waals surface area contributed by atoms with Crippen LogP contribution in [-0.2, 0) is 11.3 Å². The van der Waals surface area contributed by atoms with Gasteiger partial charge in [0.1, 0.15) is 17.3 Å². The average molecular weight is 319 g/mol. The summed E-state index contributed by atoms with van der Waals surface area (Å²) in [5.41, 5.74) is 0.886. The van der Waals surface area contributed by atoms with E-state index in [0.29, 0.717) is 6.54 Å². The Kier molecular flexibility index (Phi) is 5.10. The van der Waals surface area contributed by atoms with E-state index in [9.17, 15) is 4.79 Å². The molecule has 4 heteroatoms. The number of rotatable bonds is 6. The van der Waals surface area contributed by atoms with E-state index in [1.165, 1.54) is 6.08 Å². The molecule has 1 N–H and O–H groups in total. The molecule has 0 radical (unpaired) electrons. The largest absolute Gasteiger partial charge is 0.467 e. The zero-order chi connectivity index (χ0) is 16.6. The molecule has 0 bridgehead atoms. The minimum Gasteiger partial charge on any atom is -0.467 e. The minimum absolute atomic E-state index is 0.180. The smallest absolute Gasteiger partial charge is 0.244 e. The summed E-state index contributed by atoms with van der Waals surface area (Å²) in [6.45, 7) is 0.368. The second kappa shape index (κ2) is 7.83. The summed E-state index contributed by atoms with van der Waals surface area (Å²) in [4.78, 5) is 11.8. The van der Waals surface area contributed by atoms with Gasteiger partial charge in [0.25, 0.3) is 0 Å². The number of benzene rings is 2. The fourth-order valence-electron chi connectivity index (χ4n) is 2.12. The van der Waals surface area contributed by atoms with Gasteiger partial charge in [0, 0.05) is 6.08 Å². The van der Waals surface area contributed by atoms with Crippen LogP contribution in [0, 0.1) is 0 Å². The van der Waals surface area contributed by atoms with Crippen molar-refractivity contribution in [3.63, 3.8) is 0 Å². The Balaban J connectivity index is 1.58. The molecule has 0 aliphatic heterocycles. The molecule has 0 atom stereocenters. The summed E-state index contributed by atoms with van der Waals surface area (Å²) < 4.78 is 10.9. The lowest BCUT2D eigenvalue weighted by atomic mass is 10.2. The molecule has 3 rings (SSSR count). The molecule has 0 aliphatic carbocycles. The molecule has 0 aliphatic rings. The van der Waals surface area contributed by atoms with Gasteiger partial charge >= 0.3 is 0 Å². The van der Waals surface area contributed by atoms with Crippen LogP contribution in [0.15, 0.2) is 83.5 Å². The first kappa shape index (κ1) is 15.6. The quantitative estimate of drug-likeness (QED) is 0.685. The third-order valence-electron chi connectivity index (χ3n) is 3.28. The van der Waals surface area contributed by atoms with Crippen molar-refractivity contribution in [2.45, 2.75) is 6.54 Å². The van der Waals surface area contributed by atoms with E-state index < -0.39 is 0 Å². The Hall–Kier alpha value is -3.27. The minimum atomic E-state index is -0.180. The number of hydrogen-bond acceptors (Lipinski definition) is 3. The van der Waals surface area contributed by atoms with E-state index in [0.717, 1.165) is 22.8 Å². The van der Waals surface area contributed by atoms with Gasteiger partial charge in [-0.1, -0.05) is 30.3 Å². The Morgan fingerprint density at radius 1 is 1.00 bits per heavy atom. The molecular weight excluding hydrogens is 302 g/mol. The zero-order valence-electron chi connectivity index (χ0n) is 13.0. The molecule has 1 aromatic heterocycles. The van der Waals surface area contributed by atoms with E-state index >= 15 is 0 Å². The summed E-state index contributed by atoms with van der Waals surface area (Å²) in [7, 11) is 0. The first-order valence-electron chi connectivity index (χ1n) is 7.61. The third-order valence-corrected chi connectivity index (χ3v) is 3.28. The van der Waals surface area contributed by atoms with Crippen LogP contribution >= 0.6 is 0 Å². The van der Waals surface area contributed by atoms with Gasteiger partial charge in [-0.2, -0.15) is 0 Å². The van der Waals surface area contributed by atoms with Crippen molar-refractivity contribution in [1.82, 2.24) is 5.32 Å². The van der Waals surface area contributed by atoms with Gasteiger partial charge in [0.2, 0.25) is 5.91 Å². The molecule has 0 spiro atoms. The molecule has 24 heavy (non-hydrogen) atoms. The number of carbonyl (C=O) groups is 1. The fourth-order valence-corrected chi connectivity index (χ4v) is 2.12. The fraction of sp³-hybridized carbons (Fsp3) is 0.0500. The number of furan rings is 1. The molecule has 0 saturated carbocycles. The third kappa shape index (κ3) is 4.61.